The second-order valence-corrected chi connectivity index (χ2v) is 11.8. The Balaban J connectivity index is 1.19. The van der Waals surface area contributed by atoms with Crippen molar-refractivity contribution >= 4 is 33.7 Å². The van der Waals surface area contributed by atoms with Gasteiger partial charge in [-0.05, 0) is 85.4 Å². The molecule has 0 N–H and O–H groups in total. The minimum absolute atomic E-state index is 0.594. The molecule has 5 nitrogen and oxygen atoms in total. The van der Waals surface area contributed by atoms with Crippen molar-refractivity contribution in [1.82, 2.24) is 24.9 Å². The van der Waals surface area contributed by atoms with Gasteiger partial charge in [0.05, 0.1) is 0 Å². The molecule has 0 atom stereocenters. The zero-order chi connectivity index (χ0) is 33.0. The Morgan fingerprint density at radius 1 is 0.449 bits per heavy atom. The first kappa shape index (κ1) is 29.8. The van der Waals surface area contributed by atoms with E-state index in [-0.39, 0.29) is 0 Å². The number of aromatic nitrogens is 5. The zero-order valence-corrected chi connectivity index (χ0v) is 26.7. The first-order chi connectivity index (χ1) is 24.2. The topological polar surface area (TPSA) is 64.5 Å². The highest BCUT2D eigenvalue weighted by Gasteiger charge is 2.13. The van der Waals surface area contributed by atoms with Gasteiger partial charge in [0.2, 0.25) is 0 Å². The molecule has 0 radical (unpaired) electrons. The molecule has 3 aromatic heterocycles. The van der Waals surface area contributed by atoms with Crippen LogP contribution in [0.2, 0.25) is 0 Å². The highest BCUT2D eigenvalue weighted by Crippen LogP contribution is 2.28. The van der Waals surface area contributed by atoms with E-state index in [0.29, 0.717) is 17.5 Å². The van der Waals surface area contributed by atoms with Gasteiger partial charge in [-0.1, -0.05) is 116 Å². The number of fused-ring (bicyclic) bond motifs is 3. The Kier molecular flexibility index (Phi) is 8.06. The van der Waals surface area contributed by atoms with E-state index in [0.717, 1.165) is 34.2 Å². The van der Waals surface area contributed by atoms with Crippen LogP contribution in [0.25, 0.3) is 79.0 Å². The lowest BCUT2D eigenvalue weighted by molar-refractivity contribution is 1.07. The SMILES string of the molecule is C=C/C=c1\c(=C/Cc2cccc(-c3cccc(-c4nc(-c5ccncc5)nc(-c5ccncc5)n4)c3)c2)c2ccccc2c2ccccc12. The van der Waals surface area contributed by atoms with Crippen LogP contribution in [-0.2, 0) is 6.42 Å². The van der Waals surface area contributed by atoms with Crippen LogP contribution in [-0.4, -0.2) is 24.9 Å². The van der Waals surface area contributed by atoms with Crippen molar-refractivity contribution in [2.24, 2.45) is 0 Å². The Morgan fingerprint density at radius 3 is 1.53 bits per heavy atom. The number of pyridine rings is 2. The molecular formula is C44H31N5. The molecule has 0 aliphatic heterocycles. The van der Waals surface area contributed by atoms with Crippen molar-refractivity contribution in [3.05, 3.63) is 175 Å². The lowest BCUT2D eigenvalue weighted by Crippen LogP contribution is -2.26. The van der Waals surface area contributed by atoms with E-state index in [1.54, 1.807) is 24.8 Å². The van der Waals surface area contributed by atoms with Gasteiger partial charge < -0.3 is 0 Å². The van der Waals surface area contributed by atoms with Crippen LogP contribution < -0.4 is 10.4 Å². The molecule has 8 rings (SSSR count). The molecule has 49 heavy (non-hydrogen) atoms. The molecule has 5 aromatic carbocycles. The average molecular weight is 630 g/mol. The second-order valence-electron chi connectivity index (χ2n) is 11.8. The Hall–Kier alpha value is -6.59. The number of rotatable bonds is 7. The number of benzene rings is 5. The maximum atomic E-state index is 4.90. The van der Waals surface area contributed by atoms with Gasteiger partial charge in [0.15, 0.2) is 17.5 Å². The Labute approximate surface area is 284 Å². The normalized spacial score (nSPS) is 12.1. The Morgan fingerprint density at radius 2 is 0.939 bits per heavy atom. The molecule has 0 saturated carbocycles. The maximum absolute atomic E-state index is 4.90. The maximum Gasteiger partial charge on any atom is 0.164 e. The largest absolute Gasteiger partial charge is 0.265 e. The number of hydrogen-bond donors (Lipinski definition) is 0. The molecule has 0 unspecified atom stereocenters. The minimum atomic E-state index is 0.594. The van der Waals surface area contributed by atoms with Crippen LogP contribution in [0.3, 0.4) is 0 Å². The molecule has 0 aliphatic carbocycles. The second kappa shape index (κ2) is 13.3. The zero-order valence-electron chi connectivity index (χ0n) is 26.7. The van der Waals surface area contributed by atoms with Gasteiger partial charge in [-0.3, -0.25) is 9.97 Å². The smallest absolute Gasteiger partial charge is 0.164 e. The fraction of sp³-hybridized carbons (Fsp3) is 0.0227. The summed E-state index contributed by atoms with van der Waals surface area (Å²) in [6, 6.07) is 42.1. The third kappa shape index (κ3) is 6.01. The fourth-order valence-electron chi connectivity index (χ4n) is 6.41. The third-order valence-electron chi connectivity index (χ3n) is 8.73. The summed E-state index contributed by atoms with van der Waals surface area (Å²) in [7, 11) is 0. The molecular weight excluding hydrogens is 599 g/mol. The van der Waals surface area contributed by atoms with Crippen LogP contribution in [0.5, 0.6) is 0 Å². The molecule has 0 amide bonds. The van der Waals surface area contributed by atoms with Crippen LogP contribution in [0.4, 0.5) is 0 Å². The molecule has 0 spiro atoms. The summed E-state index contributed by atoms with van der Waals surface area (Å²) >= 11 is 0. The van der Waals surface area contributed by atoms with E-state index in [1.807, 2.05) is 36.4 Å². The molecule has 5 heteroatoms. The molecule has 8 aromatic rings. The van der Waals surface area contributed by atoms with Gasteiger partial charge in [0.1, 0.15) is 0 Å². The van der Waals surface area contributed by atoms with Crippen LogP contribution >= 0.6 is 0 Å². The standard InChI is InChI=1S/C44H31N5/c1-2-9-36-37-14-3-4-15-38(37)39-16-5-6-17-40(39)41(36)19-18-30-10-7-11-33(28-30)34-12-8-13-35(29-34)44-48-42(31-20-24-45-25-21-31)47-43(49-44)32-22-26-46-27-23-32/h2-17,19-29H,1,18H2/b36-9-,41-19+. The predicted octanol–water partition coefficient (Wildman–Crippen LogP) is 8.63. The van der Waals surface area contributed by atoms with Gasteiger partial charge >= 0.3 is 0 Å². The molecule has 0 fully saturated rings. The molecule has 232 valence electrons. The van der Waals surface area contributed by atoms with Gasteiger partial charge in [0.25, 0.3) is 0 Å². The molecule has 0 bridgehead atoms. The van der Waals surface area contributed by atoms with E-state index in [2.05, 4.69) is 120 Å². The monoisotopic (exact) mass is 629 g/mol. The van der Waals surface area contributed by atoms with Gasteiger partial charge in [-0.15, -0.1) is 0 Å². The van der Waals surface area contributed by atoms with E-state index in [4.69, 9.17) is 15.0 Å². The van der Waals surface area contributed by atoms with Crippen molar-refractivity contribution in [3.8, 4) is 45.3 Å². The average Bonchev–Trinajstić information content (AvgIpc) is 3.18. The van der Waals surface area contributed by atoms with Crippen molar-refractivity contribution in [1.29, 1.82) is 0 Å². The first-order valence-corrected chi connectivity index (χ1v) is 16.2. The van der Waals surface area contributed by atoms with Crippen LogP contribution in [0.15, 0.2) is 159 Å². The quantitative estimate of drug-likeness (QED) is 0.165. The van der Waals surface area contributed by atoms with E-state index in [9.17, 15) is 0 Å². The summed E-state index contributed by atoms with van der Waals surface area (Å²) < 4.78 is 0. The number of hydrogen-bond acceptors (Lipinski definition) is 5. The highest BCUT2D eigenvalue weighted by atomic mass is 15.0. The fourth-order valence-corrected chi connectivity index (χ4v) is 6.41. The van der Waals surface area contributed by atoms with Crippen molar-refractivity contribution in [2.75, 3.05) is 0 Å². The van der Waals surface area contributed by atoms with Crippen LogP contribution in [0, 0.1) is 0 Å². The van der Waals surface area contributed by atoms with Gasteiger partial charge in [-0.25, -0.2) is 15.0 Å². The minimum Gasteiger partial charge on any atom is -0.265 e. The van der Waals surface area contributed by atoms with Crippen molar-refractivity contribution in [2.45, 2.75) is 6.42 Å². The number of allylic oxidation sites excluding steroid dienone is 1. The molecule has 0 aliphatic rings. The molecule has 3 heterocycles. The summed E-state index contributed by atoms with van der Waals surface area (Å²) in [6.07, 6.45) is 14.1. The van der Waals surface area contributed by atoms with Gasteiger partial charge in [0, 0.05) is 41.5 Å². The lowest BCUT2D eigenvalue weighted by Gasteiger charge is -2.10. The van der Waals surface area contributed by atoms with E-state index in [1.165, 1.54) is 37.5 Å². The van der Waals surface area contributed by atoms with E-state index >= 15 is 0 Å². The third-order valence-corrected chi connectivity index (χ3v) is 8.73. The highest BCUT2D eigenvalue weighted by molar-refractivity contribution is 6.08. The summed E-state index contributed by atoms with van der Waals surface area (Å²) in [5.74, 6) is 1.79. The summed E-state index contributed by atoms with van der Waals surface area (Å²) in [5, 5.41) is 7.41. The summed E-state index contributed by atoms with van der Waals surface area (Å²) in [4.78, 5) is 22.9. The summed E-state index contributed by atoms with van der Waals surface area (Å²) in [5.41, 5.74) is 6.11. The predicted molar refractivity (Wildman–Crippen MR) is 201 cm³/mol. The van der Waals surface area contributed by atoms with E-state index < -0.39 is 0 Å². The van der Waals surface area contributed by atoms with Crippen LogP contribution in [0.1, 0.15) is 5.56 Å². The Bertz CT molecular complexity index is 2540. The lowest BCUT2D eigenvalue weighted by atomic mass is 9.95. The van der Waals surface area contributed by atoms with Crippen molar-refractivity contribution < 1.29 is 0 Å². The summed E-state index contributed by atoms with van der Waals surface area (Å²) in [6.45, 7) is 4.03. The van der Waals surface area contributed by atoms with Gasteiger partial charge in [-0.2, -0.15) is 0 Å². The van der Waals surface area contributed by atoms with Crippen molar-refractivity contribution in [3.63, 3.8) is 0 Å². The number of nitrogens with zero attached hydrogens (tertiary/aromatic N) is 5. The first-order valence-electron chi connectivity index (χ1n) is 16.2. The molecule has 0 saturated heterocycles.